The second-order valence-electron chi connectivity index (χ2n) is 4.17. The summed E-state index contributed by atoms with van der Waals surface area (Å²) in [7, 11) is 0. The van der Waals surface area contributed by atoms with E-state index in [1.807, 2.05) is 12.3 Å². The van der Waals surface area contributed by atoms with E-state index in [0.717, 1.165) is 5.56 Å². The first-order chi connectivity index (χ1) is 8.15. The number of halogens is 1. The van der Waals surface area contributed by atoms with Gasteiger partial charge >= 0.3 is 0 Å². The second kappa shape index (κ2) is 4.95. The van der Waals surface area contributed by atoms with Gasteiger partial charge < -0.3 is 4.74 Å². The van der Waals surface area contributed by atoms with Gasteiger partial charge in [-0.1, -0.05) is 19.9 Å². The number of benzene rings is 1. The number of hydrogen-bond donors (Lipinski definition) is 0. The van der Waals surface area contributed by atoms with Gasteiger partial charge in [0.05, 0.1) is 6.20 Å². The number of aromatic nitrogens is 1. The maximum absolute atomic E-state index is 13.0. The Balaban J connectivity index is 2.21. The van der Waals surface area contributed by atoms with E-state index >= 15 is 0 Å². The molecule has 0 fully saturated rings. The third-order valence-corrected chi connectivity index (χ3v) is 2.43. The van der Waals surface area contributed by atoms with Crippen molar-refractivity contribution in [1.29, 1.82) is 0 Å². The van der Waals surface area contributed by atoms with Crippen molar-refractivity contribution in [1.82, 2.24) is 4.98 Å². The molecule has 88 valence electrons. The lowest BCUT2D eigenvalue weighted by molar-refractivity contribution is 0.473. The smallest absolute Gasteiger partial charge is 0.145 e. The molecule has 0 bridgehead atoms. The van der Waals surface area contributed by atoms with Crippen LogP contribution in [0.25, 0.3) is 0 Å². The minimum Gasteiger partial charge on any atom is -0.456 e. The van der Waals surface area contributed by atoms with Crippen molar-refractivity contribution in [2.24, 2.45) is 0 Å². The summed E-state index contributed by atoms with van der Waals surface area (Å²) in [5.41, 5.74) is 1.10. The maximum atomic E-state index is 13.0. The summed E-state index contributed by atoms with van der Waals surface area (Å²) in [6.07, 6.45) is 3.43. The molecule has 0 N–H and O–H groups in total. The van der Waals surface area contributed by atoms with Crippen LogP contribution in [0.1, 0.15) is 25.3 Å². The van der Waals surface area contributed by atoms with E-state index in [1.54, 1.807) is 18.3 Å². The summed E-state index contributed by atoms with van der Waals surface area (Å²) in [5, 5.41) is 0. The molecule has 0 saturated carbocycles. The first kappa shape index (κ1) is 11.6. The molecule has 0 radical (unpaired) electrons. The van der Waals surface area contributed by atoms with Crippen LogP contribution in [0.4, 0.5) is 4.39 Å². The minimum absolute atomic E-state index is 0.310. The molecule has 3 heteroatoms. The van der Waals surface area contributed by atoms with Gasteiger partial charge in [0.15, 0.2) is 0 Å². The van der Waals surface area contributed by atoms with Crippen molar-refractivity contribution >= 4 is 0 Å². The van der Waals surface area contributed by atoms with E-state index < -0.39 is 0 Å². The van der Waals surface area contributed by atoms with E-state index in [9.17, 15) is 4.39 Å². The fraction of sp³-hybridized carbons (Fsp3) is 0.214. The monoisotopic (exact) mass is 231 g/mol. The van der Waals surface area contributed by atoms with E-state index in [1.165, 1.54) is 12.1 Å². The van der Waals surface area contributed by atoms with Crippen molar-refractivity contribution < 1.29 is 9.13 Å². The fourth-order valence-corrected chi connectivity index (χ4v) is 1.47. The van der Waals surface area contributed by atoms with Crippen LogP contribution in [0.15, 0.2) is 42.7 Å². The molecule has 0 unspecified atom stereocenters. The Morgan fingerprint density at radius 2 is 1.94 bits per heavy atom. The van der Waals surface area contributed by atoms with Gasteiger partial charge in [0.1, 0.15) is 17.3 Å². The molecular formula is C14H14FNO. The van der Waals surface area contributed by atoms with E-state index in [0.29, 0.717) is 17.4 Å². The van der Waals surface area contributed by atoms with Gasteiger partial charge in [0, 0.05) is 12.3 Å². The molecule has 0 amide bonds. The van der Waals surface area contributed by atoms with Crippen molar-refractivity contribution in [3.8, 4) is 11.5 Å². The summed E-state index contributed by atoms with van der Waals surface area (Å²) >= 11 is 0. The van der Waals surface area contributed by atoms with Crippen LogP contribution in [-0.2, 0) is 0 Å². The molecule has 1 aromatic heterocycles. The quantitative estimate of drug-likeness (QED) is 0.792. The van der Waals surface area contributed by atoms with E-state index in [4.69, 9.17) is 4.74 Å². The Morgan fingerprint density at radius 3 is 2.65 bits per heavy atom. The van der Waals surface area contributed by atoms with E-state index in [2.05, 4.69) is 18.8 Å². The van der Waals surface area contributed by atoms with Crippen LogP contribution in [0.3, 0.4) is 0 Å². The predicted molar refractivity (Wildman–Crippen MR) is 64.8 cm³/mol. The zero-order valence-corrected chi connectivity index (χ0v) is 9.85. The van der Waals surface area contributed by atoms with Gasteiger partial charge in [-0.05, 0) is 29.7 Å². The summed E-state index contributed by atoms with van der Waals surface area (Å²) in [6, 6.07) is 7.98. The summed E-state index contributed by atoms with van der Waals surface area (Å²) in [5.74, 6) is 1.18. The van der Waals surface area contributed by atoms with Crippen molar-refractivity contribution in [2.75, 3.05) is 0 Å². The normalized spacial score (nSPS) is 10.6. The van der Waals surface area contributed by atoms with Crippen LogP contribution < -0.4 is 4.74 Å². The zero-order chi connectivity index (χ0) is 12.3. The lowest BCUT2D eigenvalue weighted by atomic mass is 10.1. The molecule has 0 aliphatic rings. The van der Waals surface area contributed by atoms with Crippen LogP contribution >= 0.6 is 0 Å². The lowest BCUT2D eigenvalue weighted by Crippen LogP contribution is -1.91. The highest BCUT2D eigenvalue weighted by molar-refractivity contribution is 5.32. The van der Waals surface area contributed by atoms with Crippen LogP contribution in [0.2, 0.25) is 0 Å². The van der Waals surface area contributed by atoms with E-state index in [-0.39, 0.29) is 5.82 Å². The van der Waals surface area contributed by atoms with Crippen LogP contribution in [0.5, 0.6) is 11.5 Å². The molecule has 1 heterocycles. The van der Waals surface area contributed by atoms with Gasteiger partial charge in [0.2, 0.25) is 0 Å². The topological polar surface area (TPSA) is 22.1 Å². The molecule has 0 aliphatic heterocycles. The Labute approximate surface area is 100 Å². The predicted octanol–water partition coefficient (Wildman–Crippen LogP) is 4.14. The van der Waals surface area contributed by atoms with Crippen LogP contribution in [-0.4, -0.2) is 4.98 Å². The highest BCUT2D eigenvalue weighted by Gasteiger charge is 2.03. The average Bonchev–Trinajstić information content (AvgIpc) is 2.29. The standard InChI is InChI=1S/C14H14FNO/c1-10(2)11-6-14(9-16-8-11)17-13-5-3-4-12(15)7-13/h3-10H,1-2H3. The van der Waals surface area contributed by atoms with Crippen molar-refractivity contribution in [3.05, 3.63) is 54.1 Å². The average molecular weight is 231 g/mol. The molecule has 2 rings (SSSR count). The number of ether oxygens (including phenoxy) is 1. The molecule has 2 nitrogen and oxygen atoms in total. The number of nitrogens with zero attached hydrogens (tertiary/aromatic N) is 1. The molecule has 0 aliphatic carbocycles. The third kappa shape index (κ3) is 3.03. The van der Waals surface area contributed by atoms with Gasteiger partial charge in [-0.2, -0.15) is 0 Å². The Hall–Kier alpha value is -1.90. The highest BCUT2D eigenvalue weighted by Crippen LogP contribution is 2.24. The maximum Gasteiger partial charge on any atom is 0.145 e. The first-order valence-corrected chi connectivity index (χ1v) is 5.53. The number of hydrogen-bond acceptors (Lipinski definition) is 2. The molecular weight excluding hydrogens is 217 g/mol. The molecule has 0 spiro atoms. The summed E-state index contributed by atoms with van der Waals surface area (Å²) in [6.45, 7) is 4.17. The molecule has 1 aromatic carbocycles. The lowest BCUT2D eigenvalue weighted by Gasteiger charge is -2.08. The third-order valence-electron chi connectivity index (χ3n) is 2.43. The molecule has 0 atom stereocenters. The fourth-order valence-electron chi connectivity index (χ4n) is 1.47. The largest absolute Gasteiger partial charge is 0.456 e. The van der Waals surface area contributed by atoms with Gasteiger partial charge in [0.25, 0.3) is 0 Å². The number of rotatable bonds is 3. The first-order valence-electron chi connectivity index (χ1n) is 5.53. The molecule has 17 heavy (non-hydrogen) atoms. The summed E-state index contributed by atoms with van der Waals surface area (Å²) < 4.78 is 18.5. The Bertz CT molecular complexity index is 511. The summed E-state index contributed by atoms with van der Waals surface area (Å²) in [4.78, 5) is 4.11. The highest BCUT2D eigenvalue weighted by atomic mass is 19.1. The van der Waals surface area contributed by atoms with Crippen molar-refractivity contribution in [3.63, 3.8) is 0 Å². The van der Waals surface area contributed by atoms with Gasteiger partial charge in [-0.3, -0.25) is 4.98 Å². The van der Waals surface area contributed by atoms with Gasteiger partial charge in [-0.15, -0.1) is 0 Å². The SMILES string of the molecule is CC(C)c1cncc(Oc2cccc(F)c2)c1. The molecule has 0 saturated heterocycles. The minimum atomic E-state index is -0.310. The van der Waals surface area contributed by atoms with Gasteiger partial charge in [-0.25, -0.2) is 4.39 Å². The van der Waals surface area contributed by atoms with Crippen LogP contribution in [0, 0.1) is 5.82 Å². The zero-order valence-electron chi connectivity index (χ0n) is 9.85. The molecule has 2 aromatic rings. The van der Waals surface area contributed by atoms with Crippen molar-refractivity contribution in [2.45, 2.75) is 19.8 Å². The Kier molecular flexibility index (Phi) is 3.38. The number of pyridine rings is 1. The Morgan fingerprint density at radius 1 is 1.12 bits per heavy atom. The second-order valence-corrected chi connectivity index (χ2v) is 4.17.